The molecule has 2 atom stereocenters. The lowest BCUT2D eigenvalue weighted by Crippen LogP contribution is -2.21. The Morgan fingerprint density at radius 2 is 1.32 bits per heavy atom. The molecule has 1 aliphatic carbocycles. The molecule has 210 valence electrons. The quantitative estimate of drug-likeness (QED) is 0.224. The molecule has 0 spiro atoms. The number of halogens is 8. The molecule has 3 amide bonds. The monoisotopic (exact) mass is 651 g/mol. The molecule has 40 heavy (non-hydrogen) atoms. The predicted molar refractivity (Wildman–Crippen MR) is 151 cm³/mol. The smallest absolute Gasteiger partial charge is 0.326 e. The maximum atomic E-state index is 13.0. The van der Waals surface area contributed by atoms with Crippen molar-refractivity contribution in [1.29, 1.82) is 0 Å². The summed E-state index contributed by atoms with van der Waals surface area (Å²) in [5, 5.41) is 8.22. The summed E-state index contributed by atoms with van der Waals surface area (Å²) in [7, 11) is 0. The fourth-order valence-electron chi connectivity index (χ4n) is 4.04. The number of rotatable bonds is 7. The van der Waals surface area contributed by atoms with Crippen LogP contribution in [0, 0.1) is 5.92 Å². The van der Waals surface area contributed by atoms with Crippen molar-refractivity contribution in [2.45, 2.75) is 22.8 Å². The molecule has 1 aliphatic rings. The number of anilines is 3. The van der Waals surface area contributed by atoms with Crippen LogP contribution in [0.2, 0.25) is 15.1 Å². The highest BCUT2D eigenvalue weighted by Crippen LogP contribution is 2.65. The van der Waals surface area contributed by atoms with E-state index in [1.165, 1.54) is 42.5 Å². The van der Waals surface area contributed by atoms with Crippen molar-refractivity contribution in [3.63, 3.8) is 0 Å². The average molecular weight is 654 g/mol. The minimum absolute atomic E-state index is 0.0269. The van der Waals surface area contributed by atoms with E-state index in [0.717, 1.165) is 0 Å². The molecule has 0 unspecified atom stereocenters. The van der Waals surface area contributed by atoms with Gasteiger partial charge in [0.2, 0.25) is 11.8 Å². The zero-order valence-corrected chi connectivity index (χ0v) is 23.7. The molecule has 0 heterocycles. The number of benzene rings is 3. The van der Waals surface area contributed by atoms with Crippen LogP contribution in [0.5, 0.6) is 0 Å². The van der Waals surface area contributed by atoms with Crippen molar-refractivity contribution < 1.29 is 27.6 Å². The lowest BCUT2D eigenvalue weighted by atomic mass is 10.1. The number of nitrogens with one attached hydrogen (secondary N) is 3. The van der Waals surface area contributed by atoms with Gasteiger partial charge in [-0.1, -0.05) is 34.8 Å². The molecule has 0 radical (unpaired) electrons. The van der Waals surface area contributed by atoms with Crippen LogP contribution in [-0.2, 0) is 9.59 Å². The van der Waals surface area contributed by atoms with Crippen LogP contribution in [0.15, 0.2) is 60.7 Å². The van der Waals surface area contributed by atoms with E-state index in [2.05, 4.69) is 16.0 Å². The van der Waals surface area contributed by atoms with E-state index < -0.39 is 46.5 Å². The summed E-state index contributed by atoms with van der Waals surface area (Å²) in [5.41, 5.74) is 1.27. The Morgan fingerprint density at radius 1 is 0.775 bits per heavy atom. The van der Waals surface area contributed by atoms with E-state index in [-0.39, 0.29) is 27.6 Å². The van der Waals surface area contributed by atoms with Crippen LogP contribution < -0.4 is 16.0 Å². The normalized spacial score (nSPS) is 17.6. The van der Waals surface area contributed by atoms with Gasteiger partial charge in [0.15, 0.2) is 0 Å². The van der Waals surface area contributed by atoms with Crippen molar-refractivity contribution in [2.75, 3.05) is 16.0 Å². The van der Waals surface area contributed by atoms with E-state index in [0.29, 0.717) is 15.6 Å². The van der Waals surface area contributed by atoms with E-state index in [4.69, 9.17) is 58.0 Å². The first-order chi connectivity index (χ1) is 18.6. The van der Waals surface area contributed by atoms with E-state index in [1.54, 1.807) is 18.2 Å². The van der Waals surface area contributed by atoms with Crippen LogP contribution in [0.3, 0.4) is 0 Å². The first kappa shape index (κ1) is 30.3. The summed E-state index contributed by atoms with van der Waals surface area (Å²) in [5.74, 6) is -3.74. The molecule has 1 fully saturated rings. The highest BCUT2D eigenvalue weighted by Gasteiger charge is 2.67. The highest BCUT2D eigenvalue weighted by molar-refractivity contribution is 6.53. The minimum atomic E-state index is -4.63. The summed E-state index contributed by atoms with van der Waals surface area (Å²) < 4.78 is 35.6. The van der Waals surface area contributed by atoms with Gasteiger partial charge in [-0.3, -0.25) is 14.4 Å². The molecule has 3 aromatic carbocycles. The number of hydrogen-bond acceptors (Lipinski definition) is 3. The number of carbonyl (C=O) groups is 3. The first-order valence-corrected chi connectivity index (χ1v) is 13.3. The molecule has 0 saturated heterocycles. The molecule has 3 N–H and O–H groups in total. The van der Waals surface area contributed by atoms with Gasteiger partial charge in [-0.25, -0.2) is 0 Å². The van der Waals surface area contributed by atoms with E-state index >= 15 is 0 Å². The Kier molecular flexibility index (Phi) is 8.82. The van der Waals surface area contributed by atoms with Crippen molar-refractivity contribution in [3.05, 3.63) is 86.9 Å². The SMILES string of the molecule is O=C(CC(F)(F)F)Nc1ccc(NC(=O)c2cc(NC(=O)[C@@H]3[C@@H](c4cc(Cl)cc(Cl)c4)C3(Cl)Cl)ccc2Cl)cc1. The van der Waals surface area contributed by atoms with Crippen LogP contribution in [-0.4, -0.2) is 28.2 Å². The number of carbonyl (C=O) groups excluding carboxylic acids is 3. The largest absolute Gasteiger partial charge is 0.397 e. The van der Waals surface area contributed by atoms with Gasteiger partial charge in [0.1, 0.15) is 10.8 Å². The van der Waals surface area contributed by atoms with Crippen LogP contribution >= 0.6 is 58.0 Å². The zero-order valence-electron chi connectivity index (χ0n) is 19.9. The first-order valence-electron chi connectivity index (χ1n) is 11.4. The van der Waals surface area contributed by atoms with Gasteiger partial charge >= 0.3 is 6.18 Å². The van der Waals surface area contributed by atoms with Gasteiger partial charge in [0.25, 0.3) is 5.91 Å². The fraction of sp³-hybridized carbons (Fsp3) is 0.192. The molecular weight excluding hydrogens is 637 g/mol. The van der Waals surface area contributed by atoms with Gasteiger partial charge in [-0.05, 0) is 66.2 Å². The maximum absolute atomic E-state index is 13.0. The summed E-state index contributed by atoms with van der Waals surface area (Å²) in [4.78, 5) is 37.3. The molecule has 0 aliphatic heterocycles. The third kappa shape index (κ3) is 7.33. The molecule has 6 nitrogen and oxygen atoms in total. The third-order valence-corrected chi connectivity index (χ3v) is 7.55. The van der Waals surface area contributed by atoms with Gasteiger partial charge in [0.05, 0.1) is 16.5 Å². The number of alkyl halides is 5. The second-order valence-electron chi connectivity index (χ2n) is 8.89. The van der Waals surface area contributed by atoms with Crippen molar-refractivity contribution in [1.82, 2.24) is 0 Å². The summed E-state index contributed by atoms with van der Waals surface area (Å²) >= 11 is 31.1. The Bertz CT molecular complexity index is 1460. The average Bonchev–Trinajstić information content (AvgIpc) is 3.41. The Labute approximate surface area is 251 Å². The van der Waals surface area contributed by atoms with Crippen LogP contribution in [0.1, 0.15) is 28.3 Å². The van der Waals surface area contributed by atoms with Crippen LogP contribution in [0.25, 0.3) is 0 Å². The zero-order chi connectivity index (χ0) is 29.4. The molecule has 14 heteroatoms. The fourth-order valence-corrected chi connectivity index (χ4v) is 5.62. The standard InChI is InChI=1S/C26H17Cl5F3N3O3/c27-13-7-12(8-14(28)9-13)21-22(26(21,30)31)24(40)37-17-5-6-19(29)18(10-17)23(39)36-16-3-1-15(2-4-16)35-20(38)11-25(32,33)34/h1-10,21-22H,11H2,(H,35,38)(H,36,39)(H,37,40)/t21-,22+/m1/s1. The predicted octanol–water partition coefficient (Wildman–Crippen LogP) is 8.32. The Balaban J connectivity index is 1.41. The molecule has 3 aromatic rings. The van der Waals surface area contributed by atoms with Crippen molar-refractivity contribution >= 4 is 92.8 Å². The second-order valence-corrected chi connectivity index (χ2v) is 11.6. The minimum Gasteiger partial charge on any atom is -0.326 e. The second kappa shape index (κ2) is 11.7. The van der Waals surface area contributed by atoms with Gasteiger partial charge in [-0.2, -0.15) is 13.2 Å². The molecule has 4 rings (SSSR count). The van der Waals surface area contributed by atoms with Crippen molar-refractivity contribution in [3.8, 4) is 0 Å². The van der Waals surface area contributed by atoms with Crippen LogP contribution in [0.4, 0.5) is 30.2 Å². The maximum Gasteiger partial charge on any atom is 0.397 e. The Morgan fingerprint density at radius 3 is 1.90 bits per heavy atom. The number of amides is 3. The Hall–Kier alpha value is -2.69. The van der Waals surface area contributed by atoms with Gasteiger partial charge < -0.3 is 16.0 Å². The third-order valence-electron chi connectivity index (χ3n) is 5.85. The highest BCUT2D eigenvalue weighted by atomic mass is 35.5. The lowest BCUT2D eigenvalue weighted by Gasteiger charge is -2.11. The summed E-state index contributed by atoms with van der Waals surface area (Å²) in [6.45, 7) is 0. The number of hydrogen-bond donors (Lipinski definition) is 3. The van der Waals surface area contributed by atoms with E-state index in [9.17, 15) is 27.6 Å². The molecule has 0 aromatic heterocycles. The molecule has 0 bridgehead atoms. The summed E-state index contributed by atoms with van der Waals surface area (Å²) in [6.07, 6.45) is -6.25. The lowest BCUT2D eigenvalue weighted by molar-refractivity contribution is -0.150. The van der Waals surface area contributed by atoms with Gasteiger partial charge in [0, 0.05) is 33.0 Å². The van der Waals surface area contributed by atoms with Gasteiger partial charge in [-0.15, -0.1) is 23.2 Å². The molecular formula is C26H17Cl5F3N3O3. The topological polar surface area (TPSA) is 87.3 Å². The molecule has 1 saturated carbocycles. The van der Waals surface area contributed by atoms with E-state index in [1.807, 2.05) is 0 Å². The van der Waals surface area contributed by atoms with Crippen molar-refractivity contribution in [2.24, 2.45) is 5.92 Å². The summed E-state index contributed by atoms with van der Waals surface area (Å²) in [6, 6.07) is 14.5.